The molecule has 0 unspecified atom stereocenters. The number of fused-ring (bicyclic) bond motifs is 1. The fourth-order valence-corrected chi connectivity index (χ4v) is 5.34. The highest BCUT2D eigenvalue weighted by atomic mass is 32.2. The van der Waals surface area contributed by atoms with Gasteiger partial charge in [0, 0.05) is 17.5 Å². The summed E-state index contributed by atoms with van der Waals surface area (Å²) in [5.41, 5.74) is 2.24. The van der Waals surface area contributed by atoms with Crippen LogP contribution in [0.25, 0.3) is 0 Å². The van der Waals surface area contributed by atoms with E-state index in [4.69, 9.17) is 11.2 Å². The Labute approximate surface area is 131 Å². The zero-order valence-corrected chi connectivity index (χ0v) is 13.9. The average molecular weight is 306 g/mol. The highest BCUT2D eigenvalue weighted by molar-refractivity contribution is 8.17. The first kappa shape index (κ1) is 15.7. The number of hydrogen-bond acceptors (Lipinski definition) is 3. The van der Waals surface area contributed by atoms with Crippen molar-refractivity contribution in [2.45, 2.75) is 37.2 Å². The van der Waals surface area contributed by atoms with Crippen molar-refractivity contribution in [3.63, 3.8) is 0 Å². The number of terminal acetylenes is 1. The van der Waals surface area contributed by atoms with Crippen LogP contribution in [0, 0.1) is 12.3 Å². The van der Waals surface area contributed by atoms with E-state index in [1.54, 1.807) is 0 Å². The summed E-state index contributed by atoms with van der Waals surface area (Å²) >= 11 is 4.12. The molecule has 0 fully saturated rings. The Balaban J connectivity index is 2.39. The third-order valence-corrected chi connectivity index (χ3v) is 7.04. The minimum atomic E-state index is 0.118. The first-order valence-electron chi connectivity index (χ1n) is 7.27. The standard InChI is InChI=1S/C17H22OS2/c1-4-11-19-17(20-12-5-2)9-10-18-16-8-7-14(6-3)13-15(16)17/h3,7-8,13H,4-5,9-12H2,1-2H3. The van der Waals surface area contributed by atoms with Crippen molar-refractivity contribution < 1.29 is 4.74 Å². The molecule has 0 amide bonds. The lowest BCUT2D eigenvalue weighted by Gasteiger charge is -2.38. The quantitative estimate of drug-likeness (QED) is 0.547. The molecule has 0 spiro atoms. The summed E-state index contributed by atoms with van der Waals surface area (Å²) in [4.78, 5) is 0. The predicted molar refractivity (Wildman–Crippen MR) is 91.7 cm³/mol. The van der Waals surface area contributed by atoms with E-state index in [-0.39, 0.29) is 4.08 Å². The van der Waals surface area contributed by atoms with E-state index in [1.165, 1.54) is 29.9 Å². The topological polar surface area (TPSA) is 9.23 Å². The lowest BCUT2D eigenvalue weighted by atomic mass is 10.0. The Hall–Kier alpha value is -0.720. The van der Waals surface area contributed by atoms with Crippen LogP contribution >= 0.6 is 23.5 Å². The highest BCUT2D eigenvalue weighted by Gasteiger charge is 2.38. The minimum absolute atomic E-state index is 0.118. The lowest BCUT2D eigenvalue weighted by Crippen LogP contribution is -2.28. The number of benzene rings is 1. The number of rotatable bonds is 6. The van der Waals surface area contributed by atoms with Crippen LogP contribution in [-0.4, -0.2) is 18.1 Å². The third-order valence-electron chi connectivity index (χ3n) is 3.32. The number of hydrogen-bond donors (Lipinski definition) is 0. The summed E-state index contributed by atoms with van der Waals surface area (Å²) in [5.74, 6) is 6.12. The van der Waals surface area contributed by atoms with Gasteiger partial charge >= 0.3 is 0 Å². The second-order valence-electron chi connectivity index (χ2n) is 4.90. The second-order valence-corrected chi connectivity index (χ2v) is 7.95. The van der Waals surface area contributed by atoms with Crippen LogP contribution in [0.4, 0.5) is 0 Å². The van der Waals surface area contributed by atoms with Crippen molar-refractivity contribution in [3.05, 3.63) is 29.3 Å². The summed E-state index contributed by atoms with van der Waals surface area (Å²) in [6.07, 6.45) is 9.02. The molecule has 1 aromatic rings. The molecule has 2 rings (SSSR count). The molecule has 1 aromatic carbocycles. The van der Waals surface area contributed by atoms with Gasteiger partial charge in [-0.25, -0.2) is 0 Å². The van der Waals surface area contributed by atoms with Crippen LogP contribution in [0.5, 0.6) is 5.75 Å². The van der Waals surface area contributed by atoms with Crippen molar-refractivity contribution in [2.75, 3.05) is 18.1 Å². The Kier molecular flexibility index (Phi) is 5.74. The molecule has 1 aliphatic heterocycles. The molecule has 0 saturated carbocycles. The lowest BCUT2D eigenvalue weighted by molar-refractivity contribution is 0.280. The molecule has 0 aliphatic carbocycles. The van der Waals surface area contributed by atoms with Gasteiger partial charge in [-0.2, -0.15) is 0 Å². The first-order valence-corrected chi connectivity index (χ1v) is 9.24. The molecule has 0 atom stereocenters. The molecule has 108 valence electrons. The molecule has 0 aromatic heterocycles. The maximum absolute atomic E-state index is 5.84. The maximum Gasteiger partial charge on any atom is 0.124 e. The smallest absolute Gasteiger partial charge is 0.124 e. The van der Waals surface area contributed by atoms with Crippen molar-refractivity contribution in [2.24, 2.45) is 0 Å². The molecule has 0 N–H and O–H groups in total. The van der Waals surface area contributed by atoms with Gasteiger partial charge in [0.25, 0.3) is 0 Å². The van der Waals surface area contributed by atoms with Gasteiger partial charge in [-0.3, -0.25) is 0 Å². The Morgan fingerprint density at radius 1 is 1.25 bits per heavy atom. The molecular weight excluding hydrogens is 284 g/mol. The number of thioether (sulfide) groups is 2. The van der Waals surface area contributed by atoms with E-state index in [1.807, 2.05) is 12.1 Å². The Morgan fingerprint density at radius 2 is 1.95 bits per heavy atom. The zero-order chi connectivity index (χ0) is 14.4. The van der Waals surface area contributed by atoms with Gasteiger partial charge in [0.1, 0.15) is 5.75 Å². The van der Waals surface area contributed by atoms with Crippen LogP contribution in [0.15, 0.2) is 18.2 Å². The van der Waals surface area contributed by atoms with Crippen LogP contribution in [-0.2, 0) is 4.08 Å². The van der Waals surface area contributed by atoms with Crippen molar-refractivity contribution in [1.29, 1.82) is 0 Å². The van der Waals surface area contributed by atoms with Crippen molar-refractivity contribution in [1.82, 2.24) is 0 Å². The van der Waals surface area contributed by atoms with E-state index in [0.717, 1.165) is 24.3 Å². The third kappa shape index (κ3) is 3.30. The van der Waals surface area contributed by atoms with Crippen LogP contribution in [0.3, 0.4) is 0 Å². The Morgan fingerprint density at radius 3 is 2.55 bits per heavy atom. The molecule has 20 heavy (non-hydrogen) atoms. The molecular formula is C17H22OS2. The van der Waals surface area contributed by atoms with Crippen molar-refractivity contribution in [3.8, 4) is 18.1 Å². The molecule has 0 bridgehead atoms. The van der Waals surface area contributed by atoms with Crippen LogP contribution in [0.1, 0.15) is 44.2 Å². The fraction of sp³-hybridized carbons (Fsp3) is 0.529. The van der Waals surface area contributed by atoms with Gasteiger partial charge in [0.05, 0.1) is 10.7 Å². The van der Waals surface area contributed by atoms with E-state index in [2.05, 4.69) is 49.4 Å². The van der Waals surface area contributed by atoms with Crippen molar-refractivity contribution >= 4 is 23.5 Å². The van der Waals surface area contributed by atoms with Gasteiger partial charge in [-0.15, -0.1) is 29.9 Å². The van der Waals surface area contributed by atoms with E-state index < -0.39 is 0 Å². The molecule has 3 heteroatoms. The van der Waals surface area contributed by atoms with Gasteiger partial charge in [0.2, 0.25) is 0 Å². The summed E-state index contributed by atoms with van der Waals surface area (Å²) in [6.45, 7) is 5.28. The highest BCUT2D eigenvalue weighted by Crippen LogP contribution is 2.54. The van der Waals surface area contributed by atoms with E-state index >= 15 is 0 Å². The molecule has 0 radical (unpaired) electrons. The second kappa shape index (κ2) is 7.33. The first-order chi connectivity index (χ1) is 9.75. The van der Waals surface area contributed by atoms with Crippen LogP contribution in [0.2, 0.25) is 0 Å². The normalized spacial score (nSPS) is 16.1. The summed E-state index contributed by atoms with van der Waals surface area (Å²) in [6, 6.07) is 6.17. The monoisotopic (exact) mass is 306 g/mol. The van der Waals surface area contributed by atoms with Crippen LogP contribution < -0.4 is 4.74 Å². The molecule has 1 nitrogen and oxygen atoms in total. The van der Waals surface area contributed by atoms with E-state index in [9.17, 15) is 0 Å². The summed E-state index contributed by atoms with van der Waals surface area (Å²) in [7, 11) is 0. The SMILES string of the molecule is C#Cc1ccc2c(c1)C(SCCC)(SCCC)CCO2. The zero-order valence-electron chi connectivity index (χ0n) is 12.3. The molecule has 0 saturated heterocycles. The fourth-order valence-electron chi connectivity index (χ4n) is 2.35. The summed E-state index contributed by atoms with van der Waals surface area (Å²) in [5, 5.41) is 0. The average Bonchev–Trinajstić information content (AvgIpc) is 2.50. The number of ether oxygens (including phenoxy) is 1. The predicted octanol–water partition coefficient (Wildman–Crippen LogP) is 4.89. The largest absolute Gasteiger partial charge is 0.493 e. The van der Waals surface area contributed by atoms with Gasteiger partial charge in [-0.1, -0.05) is 19.8 Å². The molecule has 1 aliphatic rings. The summed E-state index contributed by atoms with van der Waals surface area (Å²) < 4.78 is 5.96. The Bertz CT molecular complexity index is 482. The maximum atomic E-state index is 5.84. The minimum Gasteiger partial charge on any atom is -0.493 e. The van der Waals surface area contributed by atoms with Gasteiger partial charge < -0.3 is 4.74 Å². The van der Waals surface area contributed by atoms with Gasteiger partial charge in [0.15, 0.2) is 0 Å². The molecule has 1 heterocycles. The van der Waals surface area contributed by atoms with Gasteiger partial charge in [-0.05, 0) is 42.5 Å². The van der Waals surface area contributed by atoms with E-state index in [0.29, 0.717) is 0 Å².